The molecule has 128 valence electrons. The molecule has 0 amide bonds. The van der Waals surface area contributed by atoms with E-state index in [1.165, 1.54) is 0 Å². The molecule has 1 aromatic carbocycles. The minimum absolute atomic E-state index is 0.0192. The lowest BCUT2D eigenvalue weighted by Crippen LogP contribution is -2.16. The lowest BCUT2D eigenvalue weighted by atomic mass is 10.2. The zero-order chi connectivity index (χ0) is 17.8. The predicted molar refractivity (Wildman–Crippen MR) is 82.6 cm³/mol. The van der Waals surface area contributed by atoms with Crippen molar-refractivity contribution in [2.24, 2.45) is 0 Å². The largest absolute Gasteiger partial charge is 0.463 e. The van der Waals surface area contributed by atoms with Crippen LogP contribution in [0.4, 0.5) is 0 Å². The molecule has 7 heteroatoms. The second-order valence-corrected chi connectivity index (χ2v) is 4.51. The second kappa shape index (κ2) is 10.7. The summed E-state index contributed by atoms with van der Waals surface area (Å²) in [5.74, 6) is -2.94. The minimum Gasteiger partial charge on any atom is -0.463 e. The van der Waals surface area contributed by atoms with Gasteiger partial charge in [-0.3, -0.25) is 9.59 Å². The Morgan fingerprint density at radius 3 is 2.17 bits per heavy atom. The fourth-order valence-corrected chi connectivity index (χ4v) is 1.59. The van der Waals surface area contributed by atoms with Crippen molar-refractivity contribution < 1.29 is 33.4 Å². The smallest absolute Gasteiger partial charge is 0.331 e. The maximum absolute atomic E-state index is 11.5. The molecular formula is C17H18O7. The second-order valence-electron chi connectivity index (χ2n) is 4.51. The van der Waals surface area contributed by atoms with Crippen molar-refractivity contribution in [3.8, 4) is 0 Å². The Labute approximate surface area is 139 Å². The molecular weight excluding hydrogens is 316 g/mol. The van der Waals surface area contributed by atoms with Gasteiger partial charge in [0.15, 0.2) is 0 Å². The zero-order valence-electron chi connectivity index (χ0n) is 13.2. The summed E-state index contributed by atoms with van der Waals surface area (Å²) in [6, 6.07) is 8.83. The Hall–Kier alpha value is -2.96. The molecule has 0 bridgehead atoms. The van der Waals surface area contributed by atoms with Gasteiger partial charge in [0.05, 0.1) is 19.4 Å². The van der Waals surface area contributed by atoms with Gasteiger partial charge >= 0.3 is 23.9 Å². The van der Waals surface area contributed by atoms with Gasteiger partial charge in [-0.2, -0.15) is 0 Å². The highest BCUT2D eigenvalue weighted by atomic mass is 16.6. The molecule has 0 heterocycles. The van der Waals surface area contributed by atoms with Crippen LogP contribution in [0.25, 0.3) is 0 Å². The van der Waals surface area contributed by atoms with E-state index in [1.807, 2.05) is 6.07 Å². The standard InChI is InChI=1S/C17H18O7/c1-2-22-14(18)8-9-15(19)23-11-10-16(20)24-17(21)12-13-6-4-3-5-7-13/h3-9H,2,10-12H2,1H3/b9-8+. The molecule has 1 rings (SSSR count). The van der Waals surface area contributed by atoms with Crippen LogP contribution in [0.2, 0.25) is 0 Å². The molecule has 0 saturated heterocycles. The molecule has 0 aliphatic heterocycles. The van der Waals surface area contributed by atoms with E-state index in [-0.39, 0.29) is 26.1 Å². The highest BCUT2D eigenvalue weighted by Crippen LogP contribution is 2.01. The van der Waals surface area contributed by atoms with E-state index < -0.39 is 23.9 Å². The van der Waals surface area contributed by atoms with Crippen molar-refractivity contribution in [2.75, 3.05) is 13.2 Å². The topological polar surface area (TPSA) is 96.0 Å². The number of rotatable bonds is 8. The molecule has 1 aromatic rings. The summed E-state index contributed by atoms with van der Waals surface area (Å²) in [6.07, 6.45) is 1.53. The third-order valence-electron chi connectivity index (χ3n) is 2.61. The average molecular weight is 334 g/mol. The first kappa shape index (κ1) is 19.1. The maximum atomic E-state index is 11.5. The molecule has 7 nitrogen and oxygen atoms in total. The summed E-state index contributed by atoms with van der Waals surface area (Å²) in [4.78, 5) is 45.2. The van der Waals surface area contributed by atoms with Crippen molar-refractivity contribution >= 4 is 23.9 Å². The third kappa shape index (κ3) is 8.47. The van der Waals surface area contributed by atoms with Gasteiger partial charge in [-0.15, -0.1) is 0 Å². The van der Waals surface area contributed by atoms with Gasteiger partial charge in [-0.25, -0.2) is 9.59 Å². The molecule has 0 saturated carbocycles. The van der Waals surface area contributed by atoms with Crippen molar-refractivity contribution in [3.63, 3.8) is 0 Å². The van der Waals surface area contributed by atoms with Crippen molar-refractivity contribution in [3.05, 3.63) is 48.0 Å². The predicted octanol–water partition coefficient (Wildman–Crippen LogP) is 1.35. The van der Waals surface area contributed by atoms with Crippen molar-refractivity contribution in [2.45, 2.75) is 19.8 Å². The first-order valence-electron chi connectivity index (χ1n) is 7.30. The lowest BCUT2D eigenvalue weighted by Gasteiger charge is -2.04. The highest BCUT2D eigenvalue weighted by molar-refractivity contribution is 5.91. The molecule has 0 atom stereocenters. The van der Waals surface area contributed by atoms with Gasteiger partial charge in [0.1, 0.15) is 6.61 Å². The summed E-state index contributed by atoms with van der Waals surface area (Å²) in [5.41, 5.74) is 0.728. The summed E-state index contributed by atoms with van der Waals surface area (Å²) >= 11 is 0. The molecule has 24 heavy (non-hydrogen) atoms. The normalized spacial score (nSPS) is 10.2. The Balaban J connectivity index is 2.22. The molecule has 0 aliphatic carbocycles. The van der Waals surface area contributed by atoms with E-state index in [2.05, 4.69) is 9.47 Å². The first-order chi connectivity index (χ1) is 11.5. The van der Waals surface area contributed by atoms with Crippen LogP contribution in [-0.2, 0) is 39.8 Å². The van der Waals surface area contributed by atoms with Crippen LogP contribution in [-0.4, -0.2) is 37.1 Å². The van der Waals surface area contributed by atoms with Crippen LogP contribution < -0.4 is 0 Å². The molecule has 0 aromatic heterocycles. The molecule has 0 spiro atoms. The first-order valence-corrected chi connectivity index (χ1v) is 7.30. The van der Waals surface area contributed by atoms with Gasteiger partial charge in [-0.05, 0) is 12.5 Å². The van der Waals surface area contributed by atoms with Crippen LogP contribution in [0.1, 0.15) is 18.9 Å². The minimum atomic E-state index is -0.800. The Morgan fingerprint density at radius 2 is 1.54 bits per heavy atom. The quantitative estimate of drug-likeness (QED) is 0.306. The van der Waals surface area contributed by atoms with Gasteiger partial charge in [-0.1, -0.05) is 30.3 Å². The lowest BCUT2D eigenvalue weighted by molar-refractivity contribution is -0.160. The summed E-state index contributed by atoms with van der Waals surface area (Å²) in [7, 11) is 0. The Morgan fingerprint density at radius 1 is 0.917 bits per heavy atom. The highest BCUT2D eigenvalue weighted by Gasteiger charge is 2.12. The number of esters is 4. The van der Waals surface area contributed by atoms with Crippen molar-refractivity contribution in [1.82, 2.24) is 0 Å². The molecule has 0 aliphatic rings. The average Bonchev–Trinajstić information content (AvgIpc) is 2.54. The number of hydrogen-bond donors (Lipinski definition) is 0. The zero-order valence-corrected chi connectivity index (χ0v) is 13.2. The fraction of sp³-hybridized carbons (Fsp3) is 0.294. The Kier molecular flexibility index (Phi) is 8.52. The number of ether oxygens (including phenoxy) is 3. The van der Waals surface area contributed by atoms with Gasteiger partial charge in [0.2, 0.25) is 0 Å². The van der Waals surface area contributed by atoms with Crippen LogP contribution >= 0.6 is 0 Å². The van der Waals surface area contributed by atoms with E-state index in [0.29, 0.717) is 0 Å². The summed E-state index contributed by atoms with van der Waals surface area (Å²) < 4.78 is 13.9. The number of benzene rings is 1. The maximum Gasteiger partial charge on any atom is 0.331 e. The van der Waals surface area contributed by atoms with Gasteiger partial charge in [0, 0.05) is 12.2 Å². The van der Waals surface area contributed by atoms with Gasteiger partial charge in [0.25, 0.3) is 0 Å². The van der Waals surface area contributed by atoms with Crippen LogP contribution in [0.3, 0.4) is 0 Å². The van der Waals surface area contributed by atoms with E-state index in [0.717, 1.165) is 17.7 Å². The van der Waals surface area contributed by atoms with Crippen LogP contribution in [0, 0.1) is 0 Å². The Bertz CT molecular complexity index is 605. The van der Waals surface area contributed by atoms with Crippen molar-refractivity contribution in [1.29, 1.82) is 0 Å². The number of carbonyl (C=O) groups is 4. The monoisotopic (exact) mass is 334 g/mol. The summed E-state index contributed by atoms with van der Waals surface area (Å²) in [5, 5.41) is 0. The van der Waals surface area contributed by atoms with E-state index in [9.17, 15) is 19.2 Å². The van der Waals surface area contributed by atoms with Crippen LogP contribution in [0.5, 0.6) is 0 Å². The third-order valence-corrected chi connectivity index (χ3v) is 2.61. The molecule has 0 unspecified atom stereocenters. The molecule has 0 radical (unpaired) electrons. The van der Waals surface area contributed by atoms with E-state index in [4.69, 9.17) is 4.74 Å². The SMILES string of the molecule is CCOC(=O)/C=C/C(=O)OCCC(=O)OC(=O)Cc1ccccc1. The van der Waals surface area contributed by atoms with Crippen LogP contribution in [0.15, 0.2) is 42.5 Å². The molecule has 0 fully saturated rings. The van der Waals surface area contributed by atoms with Gasteiger partial charge < -0.3 is 14.2 Å². The number of carbonyl (C=O) groups excluding carboxylic acids is 4. The fourth-order valence-electron chi connectivity index (χ4n) is 1.59. The number of hydrogen-bond acceptors (Lipinski definition) is 7. The summed E-state index contributed by atoms with van der Waals surface area (Å²) in [6.45, 7) is 1.57. The van der Waals surface area contributed by atoms with E-state index >= 15 is 0 Å². The van der Waals surface area contributed by atoms with E-state index in [1.54, 1.807) is 31.2 Å². The molecule has 0 N–H and O–H groups in total.